The molecule has 92 valence electrons. The Morgan fingerprint density at radius 2 is 2.18 bits per heavy atom. The van der Waals surface area contributed by atoms with Crippen LogP contribution in [-0.4, -0.2) is 5.78 Å². The van der Waals surface area contributed by atoms with Crippen molar-refractivity contribution in [3.63, 3.8) is 0 Å². The van der Waals surface area contributed by atoms with E-state index in [2.05, 4.69) is 26.5 Å². The van der Waals surface area contributed by atoms with E-state index in [1.807, 2.05) is 6.08 Å². The first-order valence-electron chi connectivity index (χ1n) is 6.82. The molecule has 0 aromatic rings. The van der Waals surface area contributed by atoms with Crippen LogP contribution >= 0.6 is 0 Å². The SMILES string of the molecule is C=CCC1=CC23CC2(CCCC3(C)C)CC1=O. The number of hydrogen-bond donors (Lipinski definition) is 0. The summed E-state index contributed by atoms with van der Waals surface area (Å²) in [5.74, 6) is 0.385. The number of rotatable bonds is 2. The van der Waals surface area contributed by atoms with Gasteiger partial charge in [0.25, 0.3) is 0 Å². The van der Waals surface area contributed by atoms with E-state index in [0.29, 0.717) is 22.0 Å². The van der Waals surface area contributed by atoms with E-state index < -0.39 is 0 Å². The van der Waals surface area contributed by atoms with Crippen molar-refractivity contribution in [2.45, 2.75) is 52.4 Å². The molecule has 2 unspecified atom stereocenters. The highest BCUT2D eigenvalue weighted by atomic mass is 16.1. The summed E-state index contributed by atoms with van der Waals surface area (Å²) in [6.07, 6.45) is 10.9. The molecule has 2 atom stereocenters. The average molecular weight is 230 g/mol. The molecule has 3 aliphatic rings. The molecule has 0 bridgehead atoms. The number of hydrogen-bond acceptors (Lipinski definition) is 1. The molecule has 2 fully saturated rings. The van der Waals surface area contributed by atoms with E-state index in [1.165, 1.54) is 25.7 Å². The molecule has 17 heavy (non-hydrogen) atoms. The third kappa shape index (κ3) is 1.23. The lowest BCUT2D eigenvalue weighted by Gasteiger charge is -2.44. The van der Waals surface area contributed by atoms with Gasteiger partial charge in [-0.05, 0) is 42.1 Å². The van der Waals surface area contributed by atoms with Crippen LogP contribution in [0.3, 0.4) is 0 Å². The lowest BCUT2D eigenvalue weighted by atomic mass is 9.59. The minimum absolute atomic E-state index is 0.338. The second-order valence-electron chi connectivity index (χ2n) is 6.93. The summed E-state index contributed by atoms with van der Waals surface area (Å²) in [6.45, 7) is 8.56. The third-order valence-electron chi connectivity index (χ3n) is 5.75. The van der Waals surface area contributed by atoms with Gasteiger partial charge in [-0.3, -0.25) is 4.79 Å². The van der Waals surface area contributed by atoms with Gasteiger partial charge in [-0.2, -0.15) is 0 Å². The summed E-state index contributed by atoms with van der Waals surface area (Å²) in [7, 11) is 0. The lowest BCUT2D eigenvalue weighted by molar-refractivity contribution is -0.118. The van der Waals surface area contributed by atoms with Crippen LogP contribution in [0, 0.1) is 16.2 Å². The molecule has 0 spiro atoms. The van der Waals surface area contributed by atoms with Crippen LogP contribution in [0.15, 0.2) is 24.3 Å². The Bertz CT molecular complexity index is 429. The fraction of sp³-hybridized carbons (Fsp3) is 0.688. The molecular weight excluding hydrogens is 208 g/mol. The Morgan fingerprint density at radius 3 is 2.88 bits per heavy atom. The molecule has 3 rings (SSSR count). The minimum Gasteiger partial charge on any atom is -0.295 e. The molecular formula is C16H22O. The van der Waals surface area contributed by atoms with Crippen molar-refractivity contribution in [3.8, 4) is 0 Å². The highest BCUT2D eigenvalue weighted by molar-refractivity contribution is 5.98. The van der Waals surface area contributed by atoms with Gasteiger partial charge in [0.05, 0.1) is 0 Å². The van der Waals surface area contributed by atoms with Gasteiger partial charge in [0.15, 0.2) is 5.78 Å². The monoisotopic (exact) mass is 230 g/mol. The zero-order valence-corrected chi connectivity index (χ0v) is 11.0. The highest BCUT2D eigenvalue weighted by Gasteiger charge is 2.74. The normalized spacial score (nSPS) is 42.2. The Balaban J connectivity index is 2.05. The van der Waals surface area contributed by atoms with Crippen molar-refractivity contribution in [1.82, 2.24) is 0 Å². The molecule has 0 heterocycles. The van der Waals surface area contributed by atoms with Gasteiger partial charge in [0.1, 0.15) is 0 Å². The average Bonchev–Trinajstić information content (AvgIpc) is 2.88. The quantitative estimate of drug-likeness (QED) is 0.654. The molecule has 0 aliphatic heterocycles. The van der Waals surface area contributed by atoms with E-state index in [1.54, 1.807) is 0 Å². The molecule has 3 aliphatic carbocycles. The van der Waals surface area contributed by atoms with Crippen LogP contribution in [0.2, 0.25) is 0 Å². The number of allylic oxidation sites excluding steroid dienone is 3. The van der Waals surface area contributed by atoms with E-state index in [-0.39, 0.29) is 0 Å². The van der Waals surface area contributed by atoms with Gasteiger partial charge in [0.2, 0.25) is 0 Å². The van der Waals surface area contributed by atoms with E-state index in [4.69, 9.17) is 0 Å². The number of carbonyl (C=O) groups excluding carboxylic acids is 1. The van der Waals surface area contributed by atoms with Crippen molar-refractivity contribution in [1.29, 1.82) is 0 Å². The van der Waals surface area contributed by atoms with Crippen LogP contribution < -0.4 is 0 Å². The predicted molar refractivity (Wildman–Crippen MR) is 69.6 cm³/mol. The van der Waals surface area contributed by atoms with Gasteiger partial charge in [0, 0.05) is 11.8 Å². The highest BCUT2D eigenvalue weighted by Crippen LogP contribution is 2.81. The van der Waals surface area contributed by atoms with Crippen molar-refractivity contribution in [2.75, 3.05) is 0 Å². The summed E-state index contributed by atoms with van der Waals surface area (Å²) in [5, 5.41) is 0. The number of carbonyl (C=O) groups is 1. The number of ketones is 1. The Kier molecular flexibility index (Phi) is 2.07. The van der Waals surface area contributed by atoms with Gasteiger partial charge < -0.3 is 0 Å². The molecule has 1 heteroatoms. The summed E-state index contributed by atoms with van der Waals surface area (Å²) in [4.78, 5) is 12.2. The van der Waals surface area contributed by atoms with E-state index >= 15 is 0 Å². The number of Topliss-reactive ketones (excluding diaryl/α,β-unsaturated/α-hetero) is 1. The summed E-state index contributed by atoms with van der Waals surface area (Å²) >= 11 is 0. The second-order valence-corrected chi connectivity index (χ2v) is 6.93. The van der Waals surface area contributed by atoms with Crippen LogP contribution in [-0.2, 0) is 4.79 Å². The molecule has 0 amide bonds. The summed E-state index contributed by atoms with van der Waals surface area (Å²) < 4.78 is 0. The Hall–Kier alpha value is -0.850. The fourth-order valence-corrected chi connectivity index (χ4v) is 4.69. The predicted octanol–water partition coefficient (Wildman–Crippen LogP) is 4.05. The first kappa shape index (κ1) is 11.3. The van der Waals surface area contributed by atoms with Crippen LogP contribution in [0.1, 0.15) is 52.4 Å². The Morgan fingerprint density at radius 1 is 1.41 bits per heavy atom. The molecule has 0 aromatic carbocycles. The van der Waals surface area contributed by atoms with Crippen LogP contribution in [0.5, 0.6) is 0 Å². The van der Waals surface area contributed by atoms with Gasteiger partial charge in [-0.15, -0.1) is 6.58 Å². The molecule has 1 nitrogen and oxygen atoms in total. The first-order valence-corrected chi connectivity index (χ1v) is 6.82. The van der Waals surface area contributed by atoms with Crippen LogP contribution in [0.25, 0.3) is 0 Å². The molecule has 2 saturated carbocycles. The molecule has 0 aromatic heterocycles. The van der Waals surface area contributed by atoms with E-state index in [0.717, 1.165) is 18.4 Å². The maximum atomic E-state index is 12.2. The lowest BCUT2D eigenvalue weighted by Crippen LogP contribution is -2.38. The third-order valence-corrected chi connectivity index (χ3v) is 5.75. The smallest absolute Gasteiger partial charge is 0.159 e. The first-order chi connectivity index (χ1) is 7.96. The molecule has 0 radical (unpaired) electrons. The topological polar surface area (TPSA) is 17.1 Å². The Labute approximate surface area is 104 Å². The zero-order chi connectivity index (χ0) is 12.3. The summed E-state index contributed by atoms with van der Waals surface area (Å²) in [6, 6.07) is 0. The van der Waals surface area contributed by atoms with Gasteiger partial charge in [-0.25, -0.2) is 0 Å². The minimum atomic E-state index is 0.338. The maximum absolute atomic E-state index is 12.2. The van der Waals surface area contributed by atoms with Crippen LogP contribution in [0.4, 0.5) is 0 Å². The maximum Gasteiger partial charge on any atom is 0.159 e. The largest absolute Gasteiger partial charge is 0.295 e. The van der Waals surface area contributed by atoms with Crippen molar-refractivity contribution < 1.29 is 4.79 Å². The van der Waals surface area contributed by atoms with Gasteiger partial charge in [-0.1, -0.05) is 32.4 Å². The van der Waals surface area contributed by atoms with E-state index in [9.17, 15) is 4.79 Å². The van der Waals surface area contributed by atoms with Crippen molar-refractivity contribution in [3.05, 3.63) is 24.3 Å². The fourth-order valence-electron chi connectivity index (χ4n) is 4.69. The van der Waals surface area contributed by atoms with Gasteiger partial charge >= 0.3 is 0 Å². The molecule has 0 N–H and O–H groups in total. The standard InChI is InChI=1S/C16H22O/c1-4-6-12-9-16-11-15(16,10-13(12)17)8-5-7-14(16,2)3/h4,9H,1,5-8,10-11H2,2-3H3. The second kappa shape index (κ2) is 3.13. The summed E-state index contributed by atoms with van der Waals surface area (Å²) in [5.41, 5.74) is 2.09. The zero-order valence-electron chi connectivity index (χ0n) is 11.0. The molecule has 0 saturated heterocycles. The van der Waals surface area contributed by atoms with Crippen molar-refractivity contribution >= 4 is 5.78 Å². The van der Waals surface area contributed by atoms with Crippen molar-refractivity contribution in [2.24, 2.45) is 16.2 Å².